The van der Waals surface area contributed by atoms with Crippen LogP contribution >= 0.6 is 0 Å². The SMILES string of the molecule is C[C@H]1[C@@H]2CCC[NH+]2CC[NH+]1Cc1ccc(-c2ccccc2)cc1. The highest BCUT2D eigenvalue weighted by Crippen LogP contribution is 2.19. The summed E-state index contributed by atoms with van der Waals surface area (Å²) in [4.78, 5) is 3.66. The van der Waals surface area contributed by atoms with E-state index in [0.717, 1.165) is 12.1 Å². The van der Waals surface area contributed by atoms with Crippen LogP contribution in [0.3, 0.4) is 0 Å². The summed E-state index contributed by atoms with van der Waals surface area (Å²) >= 11 is 0. The van der Waals surface area contributed by atoms with Gasteiger partial charge in [0.15, 0.2) is 0 Å². The van der Waals surface area contributed by atoms with Crippen LogP contribution in [0.15, 0.2) is 54.6 Å². The third-order valence-corrected chi connectivity index (χ3v) is 6.04. The number of benzene rings is 2. The molecule has 2 aliphatic heterocycles. The van der Waals surface area contributed by atoms with Crippen LogP contribution in [0.1, 0.15) is 25.3 Å². The molecule has 120 valence electrons. The van der Waals surface area contributed by atoms with Crippen LogP contribution in [0, 0.1) is 0 Å². The van der Waals surface area contributed by atoms with Crippen LogP contribution in [-0.4, -0.2) is 31.7 Å². The van der Waals surface area contributed by atoms with Crippen molar-refractivity contribution in [3.8, 4) is 11.1 Å². The normalized spacial score (nSPS) is 30.1. The molecule has 23 heavy (non-hydrogen) atoms. The number of nitrogens with one attached hydrogen (secondary N) is 2. The minimum atomic E-state index is 0.801. The predicted octanol–water partition coefficient (Wildman–Crippen LogP) is 1.19. The first-order valence-electron chi connectivity index (χ1n) is 9.15. The van der Waals surface area contributed by atoms with E-state index in [0.29, 0.717) is 0 Å². The lowest BCUT2D eigenvalue weighted by molar-refractivity contribution is -1.05. The Morgan fingerprint density at radius 1 is 0.870 bits per heavy atom. The van der Waals surface area contributed by atoms with Gasteiger partial charge in [0.2, 0.25) is 0 Å². The first kappa shape index (κ1) is 14.9. The molecule has 2 aromatic rings. The van der Waals surface area contributed by atoms with Gasteiger partial charge >= 0.3 is 0 Å². The molecule has 0 aliphatic carbocycles. The summed E-state index contributed by atoms with van der Waals surface area (Å²) in [6, 6.07) is 21.6. The third-order valence-electron chi connectivity index (χ3n) is 6.04. The highest BCUT2D eigenvalue weighted by Gasteiger charge is 2.42. The maximum absolute atomic E-state index is 2.48. The molecule has 0 spiro atoms. The van der Waals surface area contributed by atoms with Gasteiger partial charge in [0.05, 0.1) is 6.54 Å². The van der Waals surface area contributed by atoms with Crippen LogP contribution in [-0.2, 0) is 6.54 Å². The maximum Gasteiger partial charge on any atom is 0.140 e. The zero-order valence-electron chi connectivity index (χ0n) is 14.1. The lowest BCUT2D eigenvalue weighted by Crippen LogP contribution is -3.31. The third kappa shape index (κ3) is 3.06. The molecule has 2 nitrogen and oxygen atoms in total. The van der Waals surface area contributed by atoms with Gasteiger partial charge in [-0.05, 0) is 18.1 Å². The summed E-state index contributed by atoms with van der Waals surface area (Å²) < 4.78 is 0. The molecule has 2 saturated heterocycles. The standard InChI is InChI=1S/C21H26N2/c1-17-21-8-5-13-22(21)14-15-23(17)16-18-9-11-20(12-10-18)19-6-3-2-4-7-19/h2-4,6-7,9-12,17,21H,5,8,13-16H2,1H3/p+2/t17-,21-/m0/s1. The van der Waals surface area contributed by atoms with Gasteiger partial charge in [-0.3, -0.25) is 0 Å². The number of piperazine rings is 1. The molecule has 2 aliphatic rings. The minimum Gasteiger partial charge on any atom is -0.323 e. The maximum atomic E-state index is 2.48. The largest absolute Gasteiger partial charge is 0.323 e. The van der Waals surface area contributed by atoms with Crippen LogP contribution < -0.4 is 9.80 Å². The zero-order valence-corrected chi connectivity index (χ0v) is 14.1. The van der Waals surface area contributed by atoms with E-state index in [1.54, 1.807) is 4.90 Å². The van der Waals surface area contributed by atoms with Crippen LogP contribution in [0.4, 0.5) is 0 Å². The molecule has 0 radical (unpaired) electrons. The summed E-state index contributed by atoms with van der Waals surface area (Å²) in [5, 5.41) is 0. The van der Waals surface area contributed by atoms with Crippen molar-refractivity contribution in [3.05, 3.63) is 60.2 Å². The van der Waals surface area contributed by atoms with Crippen molar-refractivity contribution in [2.45, 2.75) is 38.4 Å². The van der Waals surface area contributed by atoms with Gasteiger partial charge in [-0.25, -0.2) is 0 Å². The van der Waals surface area contributed by atoms with E-state index in [9.17, 15) is 0 Å². The average Bonchev–Trinajstić information content (AvgIpc) is 3.08. The Morgan fingerprint density at radius 3 is 2.39 bits per heavy atom. The Kier molecular flexibility index (Phi) is 4.19. The Labute approximate surface area is 139 Å². The molecule has 0 bridgehead atoms. The molecule has 2 fully saturated rings. The molecule has 2 heterocycles. The average molecular weight is 308 g/mol. The van der Waals surface area contributed by atoms with Crippen molar-refractivity contribution in [3.63, 3.8) is 0 Å². The second kappa shape index (κ2) is 6.46. The van der Waals surface area contributed by atoms with E-state index >= 15 is 0 Å². The van der Waals surface area contributed by atoms with Crippen molar-refractivity contribution in [1.29, 1.82) is 0 Å². The Bertz CT molecular complexity index is 635. The molecule has 0 saturated carbocycles. The lowest BCUT2D eigenvalue weighted by Gasteiger charge is -2.37. The van der Waals surface area contributed by atoms with Gasteiger partial charge in [0, 0.05) is 18.4 Å². The molecule has 4 atom stereocenters. The summed E-state index contributed by atoms with van der Waals surface area (Å²) in [5.41, 5.74) is 4.11. The molecule has 4 rings (SSSR count). The fraction of sp³-hybridized carbons (Fsp3) is 0.429. The number of fused-ring (bicyclic) bond motifs is 1. The summed E-state index contributed by atoms with van der Waals surface area (Å²) in [5.74, 6) is 0. The van der Waals surface area contributed by atoms with Crippen LogP contribution in [0.2, 0.25) is 0 Å². The van der Waals surface area contributed by atoms with Gasteiger partial charge in [-0.15, -0.1) is 0 Å². The Hall–Kier alpha value is -1.64. The monoisotopic (exact) mass is 308 g/mol. The minimum absolute atomic E-state index is 0.801. The van der Waals surface area contributed by atoms with Crippen molar-refractivity contribution < 1.29 is 9.80 Å². The number of quaternary nitrogens is 2. The molecule has 2 aromatic carbocycles. The molecule has 2 N–H and O–H groups in total. The zero-order chi connectivity index (χ0) is 15.6. The Morgan fingerprint density at radius 2 is 1.61 bits per heavy atom. The van der Waals surface area contributed by atoms with Crippen LogP contribution in [0.5, 0.6) is 0 Å². The number of hydrogen-bond donors (Lipinski definition) is 2. The van der Waals surface area contributed by atoms with Gasteiger partial charge in [-0.1, -0.05) is 54.6 Å². The fourth-order valence-electron chi connectivity index (χ4n) is 4.64. The summed E-state index contributed by atoms with van der Waals surface area (Å²) in [7, 11) is 0. The van der Waals surface area contributed by atoms with E-state index in [1.807, 2.05) is 4.90 Å². The molecular weight excluding hydrogens is 280 g/mol. The van der Waals surface area contributed by atoms with Gasteiger partial charge in [0.25, 0.3) is 0 Å². The van der Waals surface area contributed by atoms with E-state index < -0.39 is 0 Å². The van der Waals surface area contributed by atoms with Crippen molar-refractivity contribution in [2.24, 2.45) is 0 Å². The second-order valence-electron chi connectivity index (χ2n) is 7.34. The fourth-order valence-corrected chi connectivity index (χ4v) is 4.64. The lowest BCUT2D eigenvalue weighted by atomic mass is 10.0. The molecule has 0 aromatic heterocycles. The Balaban J connectivity index is 1.45. The highest BCUT2D eigenvalue weighted by atomic mass is 15.3. The summed E-state index contributed by atoms with van der Waals surface area (Å²) in [6.45, 7) is 7.76. The second-order valence-corrected chi connectivity index (χ2v) is 7.34. The quantitative estimate of drug-likeness (QED) is 0.843. The first-order chi connectivity index (χ1) is 11.3. The number of hydrogen-bond acceptors (Lipinski definition) is 0. The first-order valence-corrected chi connectivity index (χ1v) is 9.15. The van der Waals surface area contributed by atoms with E-state index in [4.69, 9.17) is 0 Å². The van der Waals surface area contributed by atoms with E-state index in [2.05, 4.69) is 61.5 Å². The van der Waals surface area contributed by atoms with Crippen molar-refractivity contribution in [1.82, 2.24) is 0 Å². The predicted molar refractivity (Wildman–Crippen MR) is 94.6 cm³/mol. The van der Waals surface area contributed by atoms with Crippen LogP contribution in [0.25, 0.3) is 11.1 Å². The molecule has 0 amide bonds. The topological polar surface area (TPSA) is 8.88 Å². The van der Waals surface area contributed by atoms with E-state index in [1.165, 1.54) is 55.7 Å². The molecule has 2 unspecified atom stereocenters. The van der Waals surface area contributed by atoms with Gasteiger partial charge < -0.3 is 9.80 Å². The summed E-state index contributed by atoms with van der Waals surface area (Å²) in [6.07, 6.45) is 2.87. The van der Waals surface area contributed by atoms with Gasteiger partial charge in [0.1, 0.15) is 31.7 Å². The number of rotatable bonds is 3. The van der Waals surface area contributed by atoms with Crippen molar-refractivity contribution >= 4 is 0 Å². The smallest absolute Gasteiger partial charge is 0.140 e. The van der Waals surface area contributed by atoms with Crippen molar-refractivity contribution in [2.75, 3.05) is 19.6 Å². The van der Waals surface area contributed by atoms with Gasteiger partial charge in [-0.2, -0.15) is 0 Å². The molecule has 2 heteroatoms. The molecular formula is C21H28N2+2. The van der Waals surface area contributed by atoms with E-state index in [-0.39, 0.29) is 0 Å². The highest BCUT2D eigenvalue weighted by molar-refractivity contribution is 5.63.